The van der Waals surface area contributed by atoms with E-state index in [0.717, 1.165) is 20.1 Å². The Labute approximate surface area is 186 Å². The molecule has 7 nitrogen and oxygen atoms in total. The molecule has 0 unspecified atom stereocenters. The molecule has 10 heteroatoms. The number of amides is 2. The van der Waals surface area contributed by atoms with Gasteiger partial charge in [-0.3, -0.25) is 14.4 Å². The van der Waals surface area contributed by atoms with Gasteiger partial charge in [-0.25, -0.2) is 4.98 Å². The summed E-state index contributed by atoms with van der Waals surface area (Å²) in [6.07, 6.45) is 0. The van der Waals surface area contributed by atoms with Gasteiger partial charge in [0.05, 0.1) is 22.5 Å². The predicted octanol–water partition coefficient (Wildman–Crippen LogP) is 3.65. The standard InChI is InChI=1S/C20H18ClN3O4S2/c1-12-13(21)5-4-7-14(12)23-17(25)9-22-18(26)10-28-19(27)11-29-20-24-15-6-2-3-8-16(15)30-20/h2-8H,9-11H2,1H3,(H,22,26)(H,23,25). The first-order valence-corrected chi connectivity index (χ1v) is 11.1. The lowest BCUT2D eigenvalue weighted by Crippen LogP contribution is -2.35. The van der Waals surface area contributed by atoms with Crippen LogP contribution in [0.15, 0.2) is 46.8 Å². The number of nitrogens with zero attached hydrogens (tertiary/aromatic N) is 1. The molecule has 0 saturated carbocycles. The maximum atomic E-state index is 12.0. The van der Waals surface area contributed by atoms with Gasteiger partial charge in [-0.15, -0.1) is 11.3 Å². The van der Waals surface area contributed by atoms with Crippen molar-refractivity contribution in [1.82, 2.24) is 10.3 Å². The van der Waals surface area contributed by atoms with E-state index in [0.29, 0.717) is 10.7 Å². The van der Waals surface area contributed by atoms with Gasteiger partial charge in [-0.05, 0) is 36.8 Å². The summed E-state index contributed by atoms with van der Waals surface area (Å²) in [5, 5.41) is 5.61. The van der Waals surface area contributed by atoms with E-state index in [-0.39, 0.29) is 12.3 Å². The fourth-order valence-electron chi connectivity index (χ4n) is 2.39. The number of nitrogens with one attached hydrogen (secondary N) is 2. The number of esters is 1. The molecule has 2 amide bonds. The summed E-state index contributed by atoms with van der Waals surface area (Å²) in [5.74, 6) is -1.46. The normalized spacial score (nSPS) is 10.6. The van der Waals surface area contributed by atoms with E-state index in [1.165, 1.54) is 23.1 Å². The fraction of sp³-hybridized carbons (Fsp3) is 0.200. The SMILES string of the molecule is Cc1c(Cl)cccc1NC(=O)CNC(=O)COC(=O)CSc1nc2ccccc2s1. The second kappa shape index (κ2) is 10.4. The molecule has 156 valence electrons. The summed E-state index contributed by atoms with van der Waals surface area (Å²) in [6.45, 7) is 1.08. The number of carbonyl (C=O) groups is 3. The van der Waals surface area contributed by atoms with Crippen molar-refractivity contribution in [2.24, 2.45) is 0 Å². The molecule has 0 bridgehead atoms. The molecule has 0 spiro atoms. The smallest absolute Gasteiger partial charge is 0.316 e. The van der Waals surface area contributed by atoms with E-state index < -0.39 is 24.4 Å². The van der Waals surface area contributed by atoms with Crippen molar-refractivity contribution >= 4 is 68.4 Å². The number of halogens is 1. The third-order valence-corrected chi connectivity index (χ3v) is 6.50. The Balaban J connectivity index is 1.36. The molecule has 3 aromatic rings. The van der Waals surface area contributed by atoms with E-state index in [2.05, 4.69) is 15.6 Å². The first kappa shape index (κ1) is 22.1. The Kier molecular flexibility index (Phi) is 7.67. The lowest BCUT2D eigenvalue weighted by Gasteiger charge is -2.10. The van der Waals surface area contributed by atoms with Crippen LogP contribution in [0.1, 0.15) is 5.56 Å². The summed E-state index contributed by atoms with van der Waals surface area (Å²) in [4.78, 5) is 40.0. The summed E-state index contributed by atoms with van der Waals surface area (Å²) in [6, 6.07) is 12.9. The minimum Gasteiger partial charge on any atom is -0.455 e. The largest absolute Gasteiger partial charge is 0.455 e. The second-order valence-electron chi connectivity index (χ2n) is 6.13. The third kappa shape index (κ3) is 6.19. The number of fused-ring (bicyclic) bond motifs is 1. The van der Waals surface area contributed by atoms with Crippen LogP contribution in [0.3, 0.4) is 0 Å². The first-order chi connectivity index (χ1) is 14.4. The summed E-state index contributed by atoms with van der Waals surface area (Å²) in [5.41, 5.74) is 2.18. The van der Waals surface area contributed by atoms with Crippen LogP contribution in [-0.4, -0.2) is 41.7 Å². The molecule has 1 heterocycles. The van der Waals surface area contributed by atoms with Crippen molar-refractivity contribution < 1.29 is 19.1 Å². The molecule has 30 heavy (non-hydrogen) atoms. The van der Waals surface area contributed by atoms with E-state index in [1.54, 1.807) is 25.1 Å². The number of para-hydroxylation sites is 1. The molecule has 0 radical (unpaired) electrons. The molecular weight excluding hydrogens is 446 g/mol. The zero-order chi connectivity index (χ0) is 21.5. The number of ether oxygens (including phenoxy) is 1. The minimum atomic E-state index is -0.564. The van der Waals surface area contributed by atoms with Gasteiger partial charge < -0.3 is 15.4 Å². The summed E-state index contributed by atoms with van der Waals surface area (Å²) < 4.78 is 6.74. The predicted molar refractivity (Wildman–Crippen MR) is 119 cm³/mol. The second-order valence-corrected chi connectivity index (χ2v) is 8.79. The van der Waals surface area contributed by atoms with Gasteiger partial charge in [0.25, 0.3) is 5.91 Å². The van der Waals surface area contributed by atoms with Gasteiger partial charge in [0.15, 0.2) is 10.9 Å². The maximum absolute atomic E-state index is 12.0. The molecular formula is C20H18ClN3O4S2. The van der Waals surface area contributed by atoms with E-state index >= 15 is 0 Å². The summed E-state index contributed by atoms with van der Waals surface area (Å²) in [7, 11) is 0. The van der Waals surface area contributed by atoms with E-state index in [4.69, 9.17) is 16.3 Å². The topological polar surface area (TPSA) is 97.4 Å². The Morgan fingerprint density at radius 3 is 2.73 bits per heavy atom. The van der Waals surface area contributed by atoms with Crippen LogP contribution >= 0.6 is 34.7 Å². The van der Waals surface area contributed by atoms with Gasteiger partial charge in [-0.2, -0.15) is 0 Å². The number of hydrogen-bond donors (Lipinski definition) is 2. The zero-order valence-corrected chi connectivity index (χ0v) is 18.3. The number of aromatic nitrogens is 1. The van der Waals surface area contributed by atoms with Gasteiger partial charge >= 0.3 is 5.97 Å². The Bertz CT molecular complexity index is 1050. The fourth-order valence-corrected chi connectivity index (χ4v) is 4.43. The number of carbonyl (C=O) groups excluding carboxylic acids is 3. The number of benzene rings is 2. The quantitative estimate of drug-likeness (QED) is 0.391. The van der Waals surface area contributed by atoms with Gasteiger partial charge in [-0.1, -0.05) is 41.6 Å². The van der Waals surface area contributed by atoms with Crippen molar-refractivity contribution in [3.05, 3.63) is 53.1 Å². The van der Waals surface area contributed by atoms with E-state index in [1.807, 2.05) is 24.3 Å². The Morgan fingerprint density at radius 1 is 1.13 bits per heavy atom. The molecule has 0 saturated heterocycles. The highest BCUT2D eigenvalue weighted by atomic mass is 35.5. The number of hydrogen-bond acceptors (Lipinski definition) is 7. The number of thiazole rings is 1. The first-order valence-electron chi connectivity index (χ1n) is 8.88. The van der Waals surface area contributed by atoms with Gasteiger partial charge in [0, 0.05) is 10.7 Å². The molecule has 0 aliphatic rings. The van der Waals surface area contributed by atoms with Crippen LogP contribution in [0.5, 0.6) is 0 Å². The van der Waals surface area contributed by atoms with Crippen molar-refractivity contribution in [3.8, 4) is 0 Å². The van der Waals surface area contributed by atoms with Crippen LogP contribution < -0.4 is 10.6 Å². The Morgan fingerprint density at radius 2 is 1.93 bits per heavy atom. The van der Waals surface area contributed by atoms with E-state index in [9.17, 15) is 14.4 Å². The third-order valence-electron chi connectivity index (χ3n) is 3.94. The van der Waals surface area contributed by atoms with Crippen molar-refractivity contribution in [3.63, 3.8) is 0 Å². The average molecular weight is 464 g/mol. The molecule has 0 fully saturated rings. The molecule has 3 rings (SSSR count). The molecule has 1 aromatic heterocycles. The van der Waals surface area contributed by atoms with Crippen molar-refractivity contribution in [2.75, 3.05) is 24.2 Å². The Hall–Kier alpha value is -2.62. The minimum absolute atomic E-state index is 0.0433. The maximum Gasteiger partial charge on any atom is 0.316 e. The highest BCUT2D eigenvalue weighted by molar-refractivity contribution is 8.01. The number of thioether (sulfide) groups is 1. The molecule has 2 N–H and O–H groups in total. The van der Waals surface area contributed by atoms with Gasteiger partial charge in [0.2, 0.25) is 5.91 Å². The highest BCUT2D eigenvalue weighted by Crippen LogP contribution is 2.29. The monoisotopic (exact) mass is 463 g/mol. The van der Waals surface area contributed by atoms with Crippen LogP contribution in [0.4, 0.5) is 5.69 Å². The number of anilines is 1. The van der Waals surface area contributed by atoms with Crippen LogP contribution in [0.25, 0.3) is 10.2 Å². The molecule has 0 aliphatic heterocycles. The highest BCUT2D eigenvalue weighted by Gasteiger charge is 2.12. The van der Waals surface area contributed by atoms with Crippen LogP contribution in [0.2, 0.25) is 5.02 Å². The van der Waals surface area contributed by atoms with Crippen molar-refractivity contribution in [1.29, 1.82) is 0 Å². The van der Waals surface area contributed by atoms with Gasteiger partial charge in [0.1, 0.15) is 0 Å². The lowest BCUT2D eigenvalue weighted by atomic mass is 10.2. The molecule has 0 atom stereocenters. The number of rotatable bonds is 8. The average Bonchev–Trinajstić information content (AvgIpc) is 3.15. The molecule has 0 aliphatic carbocycles. The molecule has 2 aromatic carbocycles. The lowest BCUT2D eigenvalue weighted by molar-refractivity contribution is -0.146. The van der Waals surface area contributed by atoms with Crippen LogP contribution in [0, 0.1) is 6.92 Å². The van der Waals surface area contributed by atoms with Crippen LogP contribution in [-0.2, 0) is 19.1 Å². The zero-order valence-electron chi connectivity index (χ0n) is 15.9. The van der Waals surface area contributed by atoms with Crippen molar-refractivity contribution in [2.45, 2.75) is 11.3 Å². The summed E-state index contributed by atoms with van der Waals surface area (Å²) >= 11 is 8.75.